The lowest BCUT2D eigenvalue weighted by molar-refractivity contribution is -0.131. The van der Waals surface area contributed by atoms with Crippen molar-refractivity contribution in [3.8, 4) is 0 Å². The van der Waals surface area contributed by atoms with Crippen LogP contribution in [0.4, 0.5) is 5.69 Å². The molecule has 2 rings (SSSR count). The minimum absolute atomic E-state index is 0.107. The molecule has 1 aliphatic rings. The van der Waals surface area contributed by atoms with E-state index in [9.17, 15) is 14.7 Å². The van der Waals surface area contributed by atoms with Crippen molar-refractivity contribution in [3.63, 3.8) is 0 Å². The largest absolute Gasteiger partial charge is 0.393 e. The zero-order valence-corrected chi connectivity index (χ0v) is 13.2. The van der Waals surface area contributed by atoms with Gasteiger partial charge in [-0.1, -0.05) is 12.1 Å². The topological polar surface area (TPSA) is 69.6 Å². The molecule has 1 fully saturated rings. The maximum Gasteiger partial charge on any atom is 0.227 e. The van der Waals surface area contributed by atoms with Gasteiger partial charge in [0.15, 0.2) is 0 Å². The van der Waals surface area contributed by atoms with Crippen LogP contribution in [0.3, 0.4) is 0 Å². The van der Waals surface area contributed by atoms with Crippen molar-refractivity contribution in [3.05, 3.63) is 29.8 Å². The van der Waals surface area contributed by atoms with Crippen molar-refractivity contribution in [1.82, 2.24) is 4.90 Å². The number of carbonyl (C=O) groups excluding carboxylic acids is 2. The molecular formula is C17H24N2O3. The summed E-state index contributed by atoms with van der Waals surface area (Å²) in [7, 11) is 0. The lowest BCUT2D eigenvalue weighted by atomic mass is 10.1. The third kappa shape index (κ3) is 4.56. The lowest BCUT2D eigenvalue weighted by Gasteiger charge is -2.25. The van der Waals surface area contributed by atoms with Crippen LogP contribution in [0.5, 0.6) is 0 Å². The highest BCUT2D eigenvalue weighted by Crippen LogP contribution is 2.22. The Hall–Kier alpha value is -1.88. The van der Waals surface area contributed by atoms with E-state index in [0.29, 0.717) is 12.8 Å². The van der Waals surface area contributed by atoms with Gasteiger partial charge in [-0.05, 0) is 43.9 Å². The van der Waals surface area contributed by atoms with Gasteiger partial charge in [0.1, 0.15) is 0 Å². The second-order valence-corrected chi connectivity index (χ2v) is 6.02. The number of aliphatic hydroxyl groups is 1. The molecule has 0 bridgehead atoms. The van der Waals surface area contributed by atoms with Crippen molar-refractivity contribution in [2.75, 3.05) is 11.9 Å². The van der Waals surface area contributed by atoms with Gasteiger partial charge in [-0.3, -0.25) is 9.59 Å². The van der Waals surface area contributed by atoms with E-state index >= 15 is 0 Å². The molecule has 1 saturated heterocycles. The summed E-state index contributed by atoms with van der Waals surface area (Å²) in [6, 6.07) is 7.50. The number of anilines is 1. The Morgan fingerprint density at radius 1 is 1.36 bits per heavy atom. The Bertz CT molecular complexity index is 525. The van der Waals surface area contributed by atoms with Crippen molar-refractivity contribution >= 4 is 17.5 Å². The standard InChI is InChI=1S/C17H24N2O3/c1-12(20)10-16-4-3-9-19(16)17(22)11-14-5-7-15(8-6-14)18-13(2)21/h5-8,12,16,20H,3-4,9-11H2,1-2H3,(H,18,21). The summed E-state index contributed by atoms with van der Waals surface area (Å²) in [6.45, 7) is 4.01. The first kappa shape index (κ1) is 16.5. The molecule has 2 atom stereocenters. The minimum Gasteiger partial charge on any atom is -0.393 e. The van der Waals surface area contributed by atoms with Gasteiger partial charge in [-0.15, -0.1) is 0 Å². The van der Waals surface area contributed by atoms with E-state index in [1.807, 2.05) is 17.0 Å². The van der Waals surface area contributed by atoms with Gasteiger partial charge in [0.2, 0.25) is 11.8 Å². The van der Waals surface area contributed by atoms with Gasteiger partial charge >= 0.3 is 0 Å². The monoisotopic (exact) mass is 304 g/mol. The number of likely N-dealkylation sites (tertiary alicyclic amines) is 1. The van der Waals surface area contributed by atoms with Crippen LogP contribution in [0.1, 0.15) is 38.7 Å². The second-order valence-electron chi connectivity index (χ2n) is 6.02. The van der Waals surface area contributed by atoms with Gasteiger partial charge in [0, 0.05) is 25.2 Å². The average Bonchev–Trinajstić information content (AvgIpc) is 2.87. The summed E-state index contributed by atoms with van der Waals surface area (Å²) in [5.41, 5.74) is 1.67. The van der Waals surface area contributed by atoms with Crippen molar-refractivity contribution in [2.24, 2.45) is 0 Å². The Morgan fingerprint density at radius 3 is 2.64 bits per heavy atom. The first-order valence-electron chi connectivity index (χ1n) is 7.80. The number of rotatable bonds is 5. The SMILES string of the molecule is CC(=O)Nc1ccc(CC(=O)N2CCCC2CC(C)O)cc1. The predicted molar refractivity (Wildman–Crippen MR) is 85.5 cm³/mol. The fraction of sp³-hybridized carbons (Fsp3) is 0.529. The number of carbonyl (C=O) groups is 2. The molecule has 2 unspecified atom stereocenters. The number of hydrogen-bond donors (Lipinski definition) is 2. The van der Waals surface area contributed by atoms with E-state index < -0.39 is 0 Å². The Kier molecular flexibility index (Phi) is 5.55. The smallest absolute Gasteiger partial charge is 0.227 e. The molecular weight excluding hydrogens is 280 g/mol. The maximum absolute atomic E-state index is 12.4. The minimum atomic E-state index is -0.379. The molecule has 5 heteroatoms. The summed E-state index contributed by atoms with van der Waals surface area (Å²) in [5, 5.41) is 12.2. The predicted octanol–water partition coefficient (Wildman–Crippen LogP) is 1.95. The Balaban J connectivity index is 1.94. The normalized spacial score (nSPS) is 19.0. The molecule has 1 aromatic rings. The van der Waals surface area contributed by atoms with E-state index in [0.717, 1.165) is 30.6 Å². The lowest BCUT2D eigenvalue weighted by Crippen LogP contribution is -2.38. The van der Waals surface area contributed by atoms with Crippen molar-refractivity contribution in [1.29, 1.82) is 0 Å². The van der Waals surface area contributed by atoms with Crippen LogP contribution in [-0.2, 0) is 16.0 Å². The van der Waals surface area contributed by atoms with E-state index in [2.05, 4.69) is 5.32 Å². The fourth-order valence-electron chi connectivity index (χ4n) is 2.99. The van der Waals surface area contributed by atoms with Crippen LogP contribution in [0.15, 0.2) is 24.3 Å². The summed E-state index contributed by atoms with van der Waals surface area (Å²) in [4.78, 5) is 25.3. The Morgan fingerprint density at radius 2 is 2.05 bits per heavy atom. The summed E-state index contributed by atoms with van der Waals surface area (Å²) in [5.74, 6) is -0.00251. The van der Waals surface area contributed by atoms with E-state index in [-0.39, 0.29) is 24.0 Å². The molecule has 0 aliphatic carbocycles. The molecule has 5 nitrogen and oxygen atoms in total. The van der Waals surface area contributed by atoms with Crippen LogP contribution in [0, 0.1) is 0 Å². The third-order valence-electron chi connectivity index (χ3n) is 3.94. The fourth-order valence-corrected chi connectivity index (χ4v) is 2.99. The highest BCUT2D eigenvalue weighted by atomic mass is 16.3. The molecule has 120 valence electrons. The molecule has 1 heterocycles. The highest BCUT2D eigenvalue weighted by Gasteiger charge is 2.29. The van der Waals surface area contributed by atoms with E-state index in [4.69, 9.17) is 0 Å². The molecule has 0 spiro atoms. The zero-order valence-electron chi connectivity index (χ0n) is 13.2. The van der Waals surface area contributed by atoms with Gasteiger partial charge < -0.3 is 15.3 Å². The van der Waals surface area contributed by atoms with Gasteiger partial charge in [0.05, 0.1) is 12.5 Å². The molecule has 1 aromatic carbocycles. The summed E-state index contributed by atoms with van der Waals surface area (Å²) < 4.78 is 0. The number of aliphatic hydroxyl groups excluding tert-OH is 1. The van der Waals surface area contributed by atoms with Crippen molar-refractivity contribution < 1.29 is 14.7 Å². The number of hydrogen-bond acceptors (Lipinski definition) is 3. The zero-order chi connectivity index (χ0) is 16.1. The van der Waals surface area contributed by atoms with Crippen molar-refractivity contribution in [2.45, 2.75) is 51.7 Å². The molecule has 0 aromatic heterocycles. The first-order valence-corrected chi connectivity index (χ1v) is 7.80. The van der Waals surface area contributed by atoms with Crippen LogP contribution in [-0.4, -0.2) is 40.5 Å². The van der Waals surface area contributed by atoms with Crippen LogP contribution in [0.25, 0.3) is 0 Å². The van der Waals surface area contributed by atoms with Gasteiger partial charge in [0.25, 0.3) is 0 Å². The van der Waals surface area contributed by atoms with Crippen LogP contribution < -0.4 is 5.32 Å². The molecule has 0 radical (unpaired) electrons. The quantitative estimate of drug-likeness (QED) is 0.873. The molecule has 22 heavy (non-hydrogen) atoms. The van der Waals surface area contributed by atoms with Gasteiger partial charge in [-0.25, -0.2) is 0 Å². The van der Waals surface area contributed by atoms with Gasteiger partial charge in [-0.2, -0.15) is 0 Å². The summed E-state index contributed by atoms with van der Waals surface area (Å²) in [6.07, 6.45) is 2.60. The number of nitrogens with one attached hydrogen (secondary N) is 1. The maximum atomic E-state index is 12.4. The molecule has 0 saturated carbocycles. The first-order chi connectivity index (χ1) is 10.5. The number of nitrogens with zero attached hydrogens (tertiary/aromatic N) is 1. The average molecular weight is 304 g/mol. The van der Waals surface area contributed by atoms with Crippen LogP contribution >= 0.6 is 0 Å². The molecule has 2 N–H and O–H groups in total. The highest BCUT2D eigenvalue weighted by molar-refractivity contribution is 5.88. The molecule has 2 amide bonds. The van der Waals surface area contributed by atoms with E-state index in [1.54, 1.807) is 19.1 Å². The van der Waals surface area contributed by atoms with Crippen LogP contribution in [0.2, 0.25) is 0 Å². The second kappa shape index (κ2) is 7.40. The molecule has 1 aliphatic heterocycles. The Labute approximate surface area is 131 Å². The number of benzene rings is 1. The number of amides is 2. The third-order valence-corrected chi connectivity index (χ3v) is 3.94. The van der Waals surface area contributed by atoms with E-state index in [1.165, 1.54) is 6.92 Å². The summed E-state index contributed by atoms with van der Waals surface area (Å²) >= 11 is 0.